The van der Waals surface area contributed by atoms with Crippen LogP contribution in [0.2, 0.25) is 0 Å². The molecule has 1 unspecified atom stereocenters. The molecule has 1 saturated heterocycles. The average Bonchev–Trinajstić information content (AvgIpc) is 2.16. The lowest BCUT2D eigenvalue weighted by atomic mass is 9.86. The monoisotopic (exact) mass is 157 g/mol. The quantitative estimate of drug-likeness (QED) is 0.649. The highest BCUT2D eigenvalue weighted by atomic mass is 16.3. The van der Waals surface area contributed by atoms with Crippen LogP contribution in [-0.4, -0.2) is 35.7 Å². The SMILES string of the molecule is CN1CCC(CCO)C1(C)C. The van der Waals surface area contributed by atoms with Gasteiger partial charge in [-0.15, -0.1) is 0 Å². The first kappa shape index (κ1) is 9.01. The number of hydrogen-bond donors (Lipinski definition) is 1. The molecule has 0 aromatic heterocycles. The zero-order valence-electron chi connectivity index (χ0n) is 7.80. The second kappa shape index (κ2) is 3.11. The fourth-order valence-electron chi connectivity index (χ4n) is 1.96. The summed E-state index contributed by atoms with van der Waals surface area (Å²) in [5.41, 5.74) is 0.294. The highest BCUT2D eigenvalue weighted by Crippen LogP contribution is 2.34. The van der Waals surface area contributed by atoms with Gasteiger partial charge >= 0.3 is 0 Å². The van der Waals surface area contributed by atoms with Gasteiger partial charge in [-0.1, -0.05) is 0 Å². The summed E-state index contributed by atoms with van der Waals surface area (Å²) in [4.78, 5) is 2.38. The van der Waals surface area contributed by atoms with Gasteiger partial charge in [0.05, 0.1) is 0 Å². The van der Waals surface area contributed by atoms with Crippen LogP contribution >= 0.6 is 0 Å². The van der Waals surface area contributed by atoms with Crippen molar-refractivity contribution < 1.29 is 5.11 Å². The molecule has 0 bridgehead atoms. The number of nitrogens with zero attached hydrogens (tertiary/aromatic N) is 1. The van der Waals surface area contributed by atoms with E-state index >= 15 is 0 Å². The highest BCUT2D eigenvalue weighted by Gasteiger charge is 2.37. The third-order valence-corrected chi connectivity index (χ3v) is 3.27. The Morgan fingerprint density at radius 2 is 2.18 bits per heavy atom. The zero-order chi connectivity index (χ0) is 8.48. The van der Waals surface area contributed by atoms with Crippen LogP contribution in [-0.2, 0) is 0 Å². The van der Waals surface area contributed by atoms with Gasteiger partial charge < -0.3 is 10.0 Å². The van der Waals surface area contributed by atoms with E-state index < -0.39 is 0 Å². The van der Waals surface area contributed by atoms with E-state index in [4.69, 9.17) is 5.11 Å². The Kier molecular flexibility index (Phi) is 2.55. The molecule has 1 atom stereocenters. The van der Waals surface area contributed by atoms with Gasteiger partial charge in [-0.25, -0.2) is 0 Å². The molecule has 1 aliphatic heterocycles. The lowest BCUT2D eigenvalue weighted by molar-refractivity contribution is 0.147. The zero-order valence-corrected chi connectivity index (χ0v) is 7.80. The summed E-state index contributed by atoms with van der Waals surface area (Å²) in [6, 6.07) is 0. The molecule has 0 aromatic rings. The lowest BCUT2D eigenvalue weighted by Crippen LogP contribution is -2.39. The number of likely N-dealkylation sites (tertiary alicyclic amines) is 1. The van der Waals surface area contributed by atoms with Crippen LogP contribution in [0, 0.1) is 5.92 Å². The van der Waals surface area contributed by atoms with Gasteiger partial charge in [0.1, 0.15) is 0 Å². The third kappa shape index (κ3) is 1.57. The number of rotatable bonds is 2. The van der Waals surface area contributed by atoms with Crippen molar-refractivity contribution in [3.05, 3.63) is 0 Å². The van der Waals surface area contributed by atoms with E-state index in [0.717, 1.165) is 6.42 Å². The van der Waals surface area contributed by atoms with Gasteiger partial charge in [0.15, 0.2) is 0 Å². The van der Waals surface area contributed by atoms with Crippen LogP contribution in [0.15, 0.2) is 0 Å². The van der Waals surface area contributed by atoms with Crippen molar-refractivity contribution in [3.8, 4) is 0 Å². The fraction of sp³-hybridized carbons (Fsp3) is 1.00. The van der Waals surface area contributed by atoms with Crippen molar-refractivity contribution in [2.75, 3.05) is 20.2 Å². The van der Waals surface area contributed by atoms with Crippen molar-refractivity contribution >= 4 is 0 Å². The molecule has 0 amide bonds. The minimum absolute atomic E-state index is 0.294. The highest BCUT2D eigenvalue weighted by molar-refractivity contribution is 4.93. The maximum atomic E-state index is 8.83. The Labute approximate surface area is 69.2 Å². The van der Waals surface area contributed by atoms with Gasteiger partial charge in [-0.3, -0.25) is 0 Å². The second-order valence-corrected chi connectivity index (χ2v) is 4.07. The van der Waals surface area contributed by atoms with E-state index in [0.29, 0.717) is 18.1 Å². The van der Waals surface area contributed by atoms with Gasteiger partial charge in [0.25, 0.3) is 0 Å². The van der Waals surface area contributed by atoms with E-state index in [1.165, 1.54) is 13.0 Å². The summed E-state index contributed by atoms with van der Waals surface area (Å²) in [7, 11) is 2.16. The van der Waals surface area contributed by atoms with Crippen molar-refractivity contribution in [1.82, 2.24) is 4.90 Å². The smallest absolute Gasteiger partial charge is 0.0434 e. The molecule has 1 heterocycles. The standard InChI is InChI=1S/C9H19NO/c1-9(2)8(5-7-11)4-6-10(9)3/h8,11H,4-7H2,1-3H3. The normalized spacial score (nSPS) is 31.1. The molecule has 2 nitrogen and oxygen atoms in total. The Morgan fingerprint density at radius 1 is 1.55 bits per heavy atom. The van der Waals surface area contributed by atoms with Crippen molar-refractivity contribution in [1.29, 1.82) is 0 Å². The number of aliphatic hydroxyl groups excluding tert-OH is 1. The van der Waals surface area contributed by atoms with Crippen molar-refractivity contribution in [2.45, 2.75) is 32.2 Å². The van der Waals surface area contributed by atoms with E-state index in [2.05, 4.69) is 25.8 Å². The fourth-order valence-corrected chi connectivity index (χ4v) is 1.96. The summed E-state index contributed by atoms with van der Waals surface area (Å²) in [5.74, 6) is 0.678. The van der Waals surface area contributed by atoms with Crippen LogP contribution in [0.4, 0.5) is 0 Å². The molecular weight excluding hydrogens is 138 g/mol. The number of aliphatic hydroxyl groups is 1. The Balaban J connectivity index is 2.55. The number of hydrogen-bond acceptors (Lipinski definition) is 2. The van der Waals surface area contributed by atoms with Gasteiger partial charge in [0, 0.05) is 12.1 Å². The minimum atomic E-state index is 0.294. The molecule has 2 heteroatoms. The lowest BCUT2D eigenvalue weighted by Gasteiger charge is -2.33. The molecule has 11 heavy (non-hydrogen) atoms. The van der Waals surface area contributed by atoms with Crippen LogP contribution in [0.3, 0.4) is 0 Å². The second-order valence-electron chi connectivity index (χ2n) is 4.07. The van der Waals surface area contributed by atoms with E-state index in [1.54, 1.807) is 0 Å². The molecule has 1 aliphatic rings. The van der Waals surface area contributed by atoms with Crippen LogP contribution in [0.5, 0.6) is 0 Å². The van der Waals surface area contributed by atoms with Crippen molar-refractivity contribution in [3.63, 3.8) is 0 Å². The third-order valence-electron chi connectivity index (χ3n) is 3.27. The van der Waals surface area contributed by atoms with Gasteiger partial charge in [-0.05, 0) is 46.2 Å². The maximum Gasteiger partial charge on any atom is 0.0434 e. The molecule has 0 aromatic carbocycles. The van der Waals surface area contributed by atoms with E-state index in [1.807, 2.05) is 0 Å². The van der Waals surface area contributed by atoms with Gasteiger partial charge in [-0.2, -0.15) is 0 Å². The molecule has 0 saturated carbocycles. The van der Waals surface area contributed by atoms with E-state index in [-0.39, 0.29) is 0 Å². The van der Waals surface area contributed by atoms with Crippen molar-refractivity contribution in [2.24, 2.45) is 5.92 Å². The average molecular weight is 157 g/mol. The van der Waals surface area contributed by atoms with E-state index in [9.17, 15) is 0 Å². The molecule has 1 N–H and O–H groups in total. The Morgan fingerprint density at radius 3 is 2.55 bits per heavy atom. The largest absolute Gasteiger partial charge is 0.396 e. The summed E-state index contributed by atoms with van der Waals surface area (Å²) in [6.07, 6.45) is 2.20. The molecule has 0 radical (unpaired) electrons. The predicted octanol–water partition coefficient (Wildman–Crippen LogP) is 1.10. The molecule has 0 spiro atoms. The maximum absolute atomic E-state index is 8.83. The van der Waals surface area contributed by atoms with Crippen LogP contribution in [0.25, 0.3) is 0 Å². The van der Waals surface area contributed by atoms with Gasteiger partial charge in [0.2, 0.25) is 0 Å². The molecule has 66 valence electrons. The summed E-state index contributed by atoms with van der Waals surface area (Å²) in [5, 5.41) is 8.83. The summed E-state index contributed by atoms with van der Waals surface area (Å²) >= 11 is 0. The molecule has 0 aliphatic carbocycles. The first-order valence-corrected chi connectivity index (χ1v) is 4.41. The first-order valence-electron chi connectivity index (χ1n) is 4.41. The first-order chi connectivity index (χ1) is 5.09. The minimum Gasteiger partial charge on any atom is -0.396 e. The summed E-state index contributed by atoms with van der Waals surface area (Å²) < 4.78 is 0. The molecular formula is C9H19NO. The summed E-state index contributed by atoms with van der Waals surface area (Å²) in [6.45, 7) is 6.04. The predicted molar refractivity (Wildman–Crippen MR) is 46.5 cm³/mol. The molecule has 1 rings (SSSR count). The van der Waals surface area contributed by atoms with Crippen LogP contribution < -0.4 is 0 Å². The topological polar surface area (TPSA) is 23.5 Å². The van der Waals surface area contributed by atoms with Crippen LogP contribution in [0.1, 0.15) is 26.7 Å². The Bertz CT molecular complexity index is 132. The molecule has 1 fully saturated rings. The Hall–Kier alpha value is -0.0800.